The maximum absolute atomic E-state index is 13.3. The van der Waals surface area contributed by atoms with Gasteiger partial charge in [-0.3, -0.25) is 4.79 Å². The summed E-state index contributed by atoms with van der Waals surface area (Å²) in [4.78, 5) is 29.2. The molecule has 0 saturated carbocycles. The summed E-state index contributed by atoms with van der Waals surface area (Å²) < 4.78 is 38.7. The zero-order valence-corrected chi connectivity index (χ0v) is 15.5. The zero-order chi connectivity index (χ0) is 20.0. The Morgan fingerprint density at radius 2 is 2.25 bits per heavy atom. The molecule has 1 fully saturated rings. The Labute approximate surface area is 162 Å². The molecule has 0 spiro atoms. The Bertz CT molecular complexity index is 930. The van der Waals surface area contributed by atoms with E-state index in [4.69, 9.17) is 15.2 Å². The number of carbonyl (C=O) groups is 2. The first kappa shape index (κ1) is 18.5. The molecule has 2 atom stereocenters. The molecule has 28 heavy (non-hydrogen) atoms. The van der Waals surface area contributed by atoms with Crippen LogP contribution in [-0.2, 0) is 16.1 Å². The lowest BCUT2D eigenvalue weighted by Gasteiger charge is -2.17. The van der Waals surface area contributed by atoms with Gasteiger partial charge in [-0.15, -0.1) is 11.3 Å². The third kappa shape index (κ3) is 3.13. The minimum Gasteiger partial charge on any atom is -0.490 e. The third-order valence-corrected chi connectivity index (χ3v) is 5.53. The number of imidazole rings is 1. The summed E-state index contributed by atoms with van der Waals surface area (Å²) in [6, 6.07) is -0.224. The lowest BCUT2D eigenvalue weighted by molar-refractivity contribution is -0.118. The summed E-state index contributed by atoms with van der Waals surface area (Å²) in [5.41, 5.74) is 5.28. The molecule has 2 aliphatic heterocycles. The molecule has 0 aliphatic carbocycles. The first-order valence-corrected chi connectivity index (χ1v) is 9.31. The fraction of sp³-hybridized carbons (Fsp3) is 0.438. The molecular weight excluding hydrogens is 396 g/mol. The van der Waals surface area contributed by atoms with Gasteiger partial charge in [-0.25, -0.2) is 23.5 Å². The largest absolute Gasteiger partial charge is 0.490 e. The van der Waals surface area contributed by atoms with Crippen LogP contribution in [-0.4, -0.2) is 53.3 Å². The van der Waals surface area contributed by atoms with Gasteiger partial charge < -0.3 is 25.1 Å². The number of primary amides is 1. The molecule has 2 amide bonds. The van der Waals surface area contributed by atoms with Crippen LogP contribution >= 0.6 is 11.3 Å². The molecule has 1 saturated heterocycles. The van der Waals surface area contributed by atoms with E-state index in [-0.39, 0.29) is 12.4 Å². The second-order valence-electron chi connectivity index (χ2n) is 6.39. The summed E-state index contributed by atoms with van der Waals surface area (Å²) in [7, 11) is 0. The second kappa shape index (κ2) is 6.93. The van der Waals surface area contributed by atoms with Gasteiger partial charge in [0.15, 0.2) is 11.6 Å². The maximum Gasteiger partial charge on any atom is 0.416 e. The number of carbonyl (C=O) groups excluding carboxylic acids is 2. The molecule has 150 valence electrons. The molecule has 2 aliphatic rings. The number of halogens is 2. The van der Waals surface area contributed by atoms with Crippen LogP contribution in [0.2, 0.25) is 0 Å². The quantitative estimate of drug-likeness (QED) is 0.774. The SMILES string of the molecule is CC(Nc1cc2c(s1)-c1nc(N3C(=O)OC[C@H]3C(F)F)cn1CCO2)C(N)=O. The summed E-state index contributed by atoms with van der Waals surface area (Å²) >= 11 is 1.29. The van der Waals surface area contributed by atoms with E-state index in [1.807, 2.05) is 0 Å². The minimum absolute atomic E-state index is 0.101. The highest BCUT2D eigenvalue weighted by atomic mass is 32.1. The van der Waals surface area contributed by atoms with E-state index in [0.29, 0.717) is 34.6 Å². The second-order valence-corrected chi connectivity index (χ2v) is 7.44. The normalized spacial score (nSPS) is 19.5. The number of alkyl halides is 2. The predicted octanol–water partition coefficient (Wildman–Crippen LogP) is 1.88. The molecule has 2 aromatic rings. The first-order chi connectivity index (χ1) is 13.3. The number of cyclic esters (lactones) is 1. The van der Waals surface area contributed by atoms with Gasteiger partial charge in [0.1, 0.15) is 35.9 Å². The highest BCUT2D eigenvalue weighted by Gasteiger charge is 2.42. The Hall–Kier alpha value is -2.89. The van der Waals surface area contributed by atoms with E-state index in [2.05, 4.69) is 10.3 Å². The van der Waals surface area contributed by atoms with E-state index >= 15 is 0 Å². The van der Waals surface area contributed by atoms with Crippen LogP contribution in [0.25, 0.3) is 10.7 Å². The van der Waals surface area contributed by atoms with Crippen LogP contribution in [0.5, 0.6) is 5.75 Å². The van der Waals surface area contributed by atoms with Crippen LogP contribution < -0.4 is 20.7 Å². The lowest BCUT2D eigenvalue weighted by Crippen LogP contribution is -2.38. The first-order valence-electron chi connectivity index (χ1n) is 8.49. The number of nitrogens with two attached hydrogens (primary N) is 1. The average Bonchev–Trinajstić information content (AvgIpc) is 3.30. The fourth-order valence-electron chi connectivity index (χ4n) is 3.00. The van der Waals surface area contributed by atoms with Crippen molar-refractivity contribution in [1.29, 1.82) is 0 Å². The summed E-state index contributed by atoms with van der Waals surface area (Å²) in [5.74, 6) is 0.637. The van der Waals surface area contributed by atoms with Crippen LogP contribution in [0.1, 0.15) is 6.92 Å². The number of aromatic nitrogens is 2. The van der Waals surface area contributed by atoms with Crippen molar-refractivity contribution in [1.82, 2.24) is 9.55 Å². The van der Waals surface area contributed by atoms with E-state index in [1.165, 1.54) is 17.5 Å². The van der Waals surface area contributed by atoms with Crippen molar-refractivity contribution in [2.45, 2.75) is 32.0 Å². The molecule has 0 bridgehead atoms. The van der Waals surface area contributed by atoms with Crippen molar-refractivity contribution < 1.29 is 27.8 Å². The van der Waals surface area contributed by atoms with Gasteiger partial charge >= 0.3 is 6.09 Å². The van der Waals surface area contributed by atoms with Crippen molar-refractivity contribution in [2.24, 2.45) is 5.73 Å². The van der Waals surface area contributed by atoms with Crippen LogP contribution in [0.4, 0.5) is 24.4 Å². The average molecular weight is 413 g/mol. The predicted molar refractivity (Wildman–Crippen MR) is 96.9 cm³/mol. The Morgan fingerprint density at radius 1 is 1.46 bits per heavy atom. The number of nitrogens with zero attached hydrogens (tertiary/aromatic N) is 3. The highest BCUT2D eigenvalue weighted by molar-refractivity contribution is 7.19. The maximum atomic E-state index is 13.3. The minimum atomic E-state index is -2.75. The van der Waals surface area contributed by atoms with Gasteiger partial charge in [0.05, 0.1) is 11.5 Å². The van der Waals surface area contributed by atoms with Crippen LogP contribution in [0, 0.1) is 0 Å². The van der Waals surface area contributed by atoms with Gasteiger partial charge in [-0.05, 0) is 6.92 Å². The van der Waals surface area contributed by atoms with Gasteiger partial charge in [-0.1, -0.05) is 0 Å². The van der Waals surface area contributed by atoms with Gasteiger partial charge in [0.2, 0.25) is 5.91 Å². The van der Waals surface area contributed by atoms with Crippen LogP contribution in [0.3, 0.4) is 0 Å². The monoisotopic (exact) mass is 413 g/mol. The van der Waals surface area contributed by atoms with E-state index in [0.717, 1.165) is 4.90 Å². The molecule has 0 aromatic carbocycles. The van der Waals surface area contributed by atoms with Gasteiger partial charge in [-0.2, -0.15) is 0 Å². The molecule has 4 rings (SSSR count). The van der Waals surface area contributed by atoms with Crippen molar-refractivity contribution in [2.75, 3.05) is 23.4 Å². The van der Waals surface area contributed by atoms with Gasteiger partial charge in [0.25, 0.3) is 6.43 Å². The molecule has 2 aromatic heterocycles. The zero-order valence-electron chi connectivity index (χ0n) is 14.7. The number of thiophene rings is 1. The van der Waals surface area contributed by atoms with Gasteiger partial charge in [0, 0.05) is 12.3 Å². The van der Waals surface area contributed by atoms with E-state index in [1.54, 1.807) is 17.6 Å². The van der Waals surface area contributed by atoms with Crippen LogP contribution in [0.15, 0.2) is 12.3 Å². The Kier molecular flexibility index (Phi) is 4.57. The number of ether oxygens (including phenoxy) is 2. The molecule has 12 heteroatoms. The summed E-state index contributed by atoms with van der Waals surface area (Å²) in [5, 5.41) is 3.64. The number of anilines is 2. The number of nitrogens with one attached hydrogen (secondary N) is 1. The van der Waals surface area contributed by atoms with E-state index < -0.39 is 30.5 Å². The number of fused-ring (bicyclic) bond motifs is 3. The Morgan fingerprint density at radius 3 is 2.96 bits per heavy atom. The number of hydrogen-bond donors (Lipinski definition) is 2. The molecule has 4 heterocycles. The number of rotatable bonds is 5. The molecule has 9 nitrogen and oxygen atoms in total. The van der Waals surface area contributed by atoms with Crippen molar-refractivity contribution in [3.63, 3.8) is 0 Å². The topological polar surface area (TPSA) is 112 Å². The summed E-state index contributed by atoms with van der Waals surface area (Å²) in [6.07, 6.45) is -2.06. The molecule has 3 N–H and O–H groups in total. The molecule has 0 radical (unpaired) electrons. The van der Waals surface area contributed by atoms with Crippen molar-refractivity contribution in [3.8, 4) is 16.5 Å². The molecular formula is C16H17F2N5O4S. The highest BCUT2D eigenvalue weighted by Crippen LogP contribution is 2.43. The Balaban J connectivity index is 1.69. The number of hydrogen-bond acceptors (Lipinski definition) is 7. The third-order valence-electron chi connectivity index (χ3n) is 4.48. The fourth-order valence-corrected chi connectivity index (χ4v) is 4.10. The van der Waals surface area contributed by atoms with Crippen molar-refractivity contribution >= 4 is 34.2 Å². The van der Waals surface area contributed by atoms with Crippen molar-refractivity contribution in [3.05, 3.63) is 12.3 Å². The standard InChI is InChI=1S/C16H17F2N5O4S/c1-7(14(19)24)20-11-4-9-12(28-11)15-21-10(5-22(15)2-3-26-9)23-8(13(17)18)6-27-16(23)25/h4-5,7-8,13,20H,2-3,6H2,1H3,(H2,19,24)/t7?,8-/m0/s1. The molecule has 1 unspecified atom stereocenters. The summed E-state index contributed by atoms with van der Waals surface area (Å²) in [6.45, 7) is 2.02. The smallest absolute Gasteiger partial charge is 0.416 e. The number of amides is 2. The lowest BCUT2D eigenvalue weighted by atomic mass is 10.3. The van der Waals surface area contributed by atoms with E-state index in [9.17, 15) is 18.4 Å².